The van der Waals surface area contributed by atoms with Gasteiger partial charge in [-0.1, -0.05) is 29.8 Å². The van der Waals surface area contributed by atoms with Crippen LogP contribution in [0.5, 0.6) is 0 Å². The van der Waals surface area contributed by atoms with E-state index < -0.39 is 0 Å². The summed E-state index contributed by atoms with van der Waals surface area (Å²) in [6.07, 6.45) is 4.45. The Morgan fingerprint density at radius 2 is 2.19 bits per heavy atom. The van der Waals surface area contributed by atoms with E-state index >= 15 is 0 Å². The Morgan fingerprint density at radius 3 is 2.95 bits per heavy atom. The number of fused-ring (bicyclic) bond motifs is 1. The van der Waals surface area contributed by atoms with Crippen LogP contribution in [-0.4, -0.2) is 27.2 Å². The van der Waals surface area contributed by atoms with Gasteiger partial charge in [0.05, 0.1) is 5.02 Å². The van der Waals surface area contributed by atoms with Crippen molar-refractivity contribution in [2.75, 3.05) is 6.54 Å². The largest absolute Gasteiger partial charge is 0.351 e. The van der Waals surface area contributed by atoms with Gasteiger partial charge in [-0.3, -0.25) is 9.48 Å². The Morgan fingerprint density at radius 1 is 1.33 bits per heavy atom. The first-order valence-corrected chi connectivity index (χ1v) is 7.15. The third-order valence-corrected chi connectivity index (χ3v) is 3.67. The first-order valence-electron chi connectivity index (χ1n) is 6.77. The molecule has 5 nitrogen and oxygen atoms in total. The fraction of sp³-hybridized carbons (Fsp3) is 0.200. The Hall–Kier alpha value is -2.27. The summed E-state index contributed by atoms with van der Waals surface area (Å²) in [4.78, 5) is 15.2. The molecule has 0 unspecified atom stereocenters. The quantitative estimate of drug-likeness (QED) is 0.712. The second kappa shape index (κ2) is 6.01. The van der Waals surface area contributed by atoms with Crippen LogP contribution in [0, 0.1) is 0 Å². The second-order valence-electron chi connectivity index (χ2n) is 4.74. The predicted octanol–water partition coefficient (Wildman–Crippen LogP) is 2.84. The Bertz CT molecular complexity index is 748. The van der Waals surface area contributed by atoms with Crippen LogP contribution in [0.1, 0.15) is 16.9 Å². The topological polar surface area (TPSA) is 62.7 Å². The van der Waals surface area contributed by atoms with Crippen LogP contribution in [0.4, 0.5) is 0 Å². The Kier molecular flexibility index (Phi) is 3.92. The van der Waals surface area contributed by atoms with Crippen molar-refractivity contribution in [3.8, 4) is 0 Å². The molecule has 3 rings (SSSR count). The van der Waals surface area contributed by atoms with Crippen molar-refractivity contribution in [3.63, 3.8) is 0 Å². The fourth-order valence-corrected chi connectivity index (χ4v) is 2.53. The van der Waals surface area contributed by atoms with Crippen LogP contribution in [0.2, 0.25) is 5.02 Å². The van der Waals surface area contributed by atoms with Crippen LogP contribution in [-0.2, 0) is 6.54 Å². The number of H-pyrrole nitrogens is 1. The molecular weight excluding hydrogens is 288 g/mol. The molecule has 108 valence electrons. The van der Waals surface area contributed by atoms with E-state index in [0.717, 1.165) is 23.9 Å². The molecule has 6 heteroatoms. The minimum Gasteiger partial charge on any atom is -0.351 e. The third-order valence-electron chi connectivity index (χ3n) is 3.28. The van der Waals surface area contributed by atoms with E-state index in [1.54, 1.807) is 6.20 Å². The third kappa shape index (κ3) is 2.92. The van der Waals surface area contributed by atoms with Crippen molar-refractivity contribution in [2.24, 2.45) is 0 Å². The average Bonchev–Trinajstić information content (AvgIpc) is 3.12. The number of para-hydroxylation sites is 1. The molecule has 0 bridgehead atoms. The molecule has 0 saturated carbocycles. The first kappa shape index (κ1) is 13.7. The van der Waals surface area contributed by atoms with E-state index in [9.17, 15) is 4.79 Å². The van der Waals surface area contributed by atoms with E-state index in [0.29, 0.717) is 17.3 Å². The summed E-state index contributed by atoms with van der Waals surface area (Å²) in [6.45, 7) is 1.35. The zero-order valence-electron chi connectivity index (χ0n) is 11.3. The van der Waals surface area contributed by atoms with E-state index in [-0.39, 0.29) is 5.91 Å². The summed E-state index contributed by atoms with van der Waals surface area (Å²) in [6, 6.07) is 9.47. The summed E-state index contributed by atoms with van der Waals surface area (Å²) in [7, 11) is 0. The number of nitrogens with zero attached hydrogens (tertiary/aromatic N) is 2. The fourth-order valence-electron chi connectivity index (χ4n) is 2.23. The molecule has 0 radical (unpaired) electrons. The lowest BCUT2D eigenvalue weighted by Gasteiger charge is -2.04. The lowest BCUT2D eigenvalue weighted by atomic mass is 10.2. The molecule has 21 heavy (non-hydrogen) atoms. The number of hydrogen-bond donors (Lipinski definition) is 2. The zero-order valence-corrected chi connectivity index (χ0v) is 12.1. The Labute approximate surface area is 126 Å². The summed E-state index contributed by atoms with van der Waals surface area (Å²) < 4.78 is 1.84. The second-order valence-corrected chi connectivity index (χ2v) is 5.12. The molecule has 0 spiro atoms. The summed E-state index contributed by atoms with van der Waals surface area (Å²) in [5.41, 5.74) is 1.28. The number of amides is 1. The van der Waals surface area contributed by atoms with Gasteiger partial charge in [-0.25, -0.2) is 0 Å². The SMILES string of the molecule is O=C(NCCCn1cccn1)c1[nH]c2ccccc2c1Cl. The van der Waals surface area contributed by atoms with Crippen LogP contribution in [0.15, 0.2) is 42.7 Å². The number of rotatable bonds is 5. The summed E-state index contributed by atoms with van der Waals surface area (Å²) in [5, 5.41) is 8.31. The zero-order chi connectivity index (χ0) is 14.7. The highest BCUT2D eigenvalue weighted by atomic mass is 35.5. The van der Waals surface area contributed by atoms with Gasteiger partial charge in [0.15, 0.2) is 0 Å². The Balaban J connectivity index is 1.60. The van der Waals surface area contributed by atoms with Crippen molar-refractivity contribution < 1.29 is 4.79 Å². The van der Waals surface area contributed by atoms with Crippen molar-refractivity contribution in [3.05, 3.63) is 53.4 Å². The standard InChI is InChI=1S/C15H15ClN4O/c16-13-11-5-1-2-6-12(11)19-14(13)15(21)17-7-3-9-20-10-4-8-18-20/h1-2,4-6,8,10,19H,3,7,9H2,(H,17,21). The first-order chi connectivity index (χ1) is 10.3. The number of halogens is 1. The lowest BCUT2D eigenvalue weighted by Crippen LogP contribution is -2.25. The predicted molar refractivity (Wildman–Crippen MR) is 82.5 cm³/mol. The maximum absolute atomic E-state index is 12.1. The lowest BCUT2D eigenvalue weighted by molar-refractivity contribution is 0.0948. The highest BCUT2D eigenvalue weighted by molar-refractivity contribution is 6.38. The van der Waals surface area contributed by atoms with Gasteiger partial charge in [-0.2, -0.15) is 5.10 Å². The van der Waals surface area contributed by atoms with Crippen LogP contribution in [0.3, 0.4) is 0 Å². The highest BCUT2D eigenvalue weighted by Crippen LogP contribution is 2.26. The van der Waals surface area contributed by atoms with Gasteiger partial charge in [0, 0.05) is 36.4 Å². The number of aromatic amines is 1. The molecule has 0 atom stereocenters. The smallest absolute Gasteiger partial charge is 0.269 e. The average molecular weight is 303 g/mol. The minimum absolute atomic E-state index is 0.184. The molecule has 3 aromatic rings. The normalized spacial score (nSPS) is 10.9. The molecule has 1 aromatic carbocycles. The molecule has 2 aromatic heterocycles. The van der Waals surface area contributed by atoms with Gasteiger partial charge in [-0.15, -0.1) is 0 Å². The van der Waals surface area contributed by atoms with Gasteiger partial charge in [0.1, 0.15) is 5.69 Å². The minimum atomic E-state index is -0.184. The molecule has 0 aliphatic rings. The molecule has 2 N–H and O–H groups in total. The van der Waals surface area contributed by atoms with Gasteiger partial charge >= 0.3 is 0 Å². The van der Waals surface area contributed by atoms with Crippen LogP contribution in [0.25, 0.3) is 10.9 Å². The number of carbonyl (C=O) groups excluding carboxylic acids is 1. The maximum Gasteiger partial charge on any atom is 0.269 e. The van der Waals surface area contributed by atoms with E-state index in [4.69, 9.17) is 11.6 Å². The van der Waals surface area contributed by atoms with E-state index in [1.165, 1.54) is 0 Å². The van der Waals surface area contributed by atoms with Crippen molar-refractivity contribution >= 4 is 28.4 Å². The van der Waals surface area contributed by atoms with Crippen LogP contribution >= 0.6 is 11.6 Å². The maximum atomic E-state index is 12.1. The highest BCUT2D eigenvalue weighted by Gasteiger charge is 2.15. The van der Waals surface area contributed by atoms with Gasteiger partial charge in [0.2, 0.25) is 0 Å². The molecule has 0 aliphatic heterocycles. The van der Waals surface area contributed by atoms with Crippen molar-refractivity contribution in [1.82, 2.24) is 20.1 Å². The molecule has 0 fully saturated rings. The van der Waals surface area contributed by atoms with Gasteiger partial charge in [-0.05, 0) is 18.6 Å². The van der Waals surface area contributed by atoms with E-state index in [1.807, 2.05) is 41.2 Å². The van der Waals surface area contributed by atoms with Gasteiger partial charge < -0.3 is 10.3 Å². The molecule has 2 heterocycles. The monoisotopic (exact) mass is 302 g/mol. The number of aromatic nitrogens is 3. The summed E-state index contributed by atoms with van der Waals surface area (Å²) >= 11 is 6.24. The number of aryl methyl sites for hydroxylation is 1. The number of hydrogen-bond acceptors (Lipinski definition) is 2. The van der Waals surface area contributed by atoms with Crippen molar-refractivity contribution in [1.29, 1.82) is 0 Å². The molecule has 0 aliphatic carbocycles. The summed E-state index contributed by atoms with van der Waals surface area (Å²) in [5.74, 6) is -0.184. The molecule has 1 amide bonds. The van der Waals surface area contributed by atoms with E-state index in [2.05, 4.69) is 15.4 Å². The van der Waals surface area contributed by atoms with Crippen LogP contribution < -0.4 is 5.32 Å². The number of nitrogens with one attached hydrogen (secondary N) is 2. The number of benzene rings is 1. The van der Waals surface area contributed by atoms with Gasteiger partial charge in [0.25, 0.3) is 5.91 Å². The molecule has 0 saturated heterocycles. The molecular formula is C15H15ClN4O. The number of carbonyl (C=O) groups is 1. The van der Waals surface area contributed by atoms with Crippen molar-refractivity contribution in [2.45, 2.75) is 13.0 Å².